The van der Waals surface area contributed by atoms with Crippen LogP contribution in [0.5, 0.6) is 11.5 Å². The Morgan fingerprint density at radius 2 is 1.78 bits per heavy atom. The Labute approximate surface area is 210 Å². The SMILES string of the molecule is COCCCN1C(=O)C(=O)/C(=C(\O)c2ccc(OCc3ccccc3)c(C)c2)C1c1cccc(O)c1. The monoisotopic (exact) mass is 487 g/mol. The van der Waals surface area contributed by atoms with Gasteiger partial charge in [0.1, 0.15) is 23.9 Å². The number of rotatable bonds is 9. The van der Waals surface area contributed by atoms with E-state index in [1.165, 1.54) is 17.0 Å². The van der Waals surface area contributed by atoms with Crippen molar-refractivity contribution in [1.29, 1.82) is 0 Å². The van der Waals surface area contributed by atoms with Gasteiger partial charge in [-0.15, -0.1) is 0 Å². The first kappa shape index (κ1) is 25.0. The minimum absolute atomic E-state index is 0.00532. The zero-order valence-electron chi connectivity index (χ0n) is 20.3. The van der Waals surface area contributed by atoms with Crippen molar-refractivity contribution in [2.24, 2.45) is 0 Å². The fourth-order valence-corrected chi connectivity index (χ4v) is 4.38. The molecule has 1 aliphatic heterocycles. The maximum atomic E-state index is 13.1. The lowest BCUT2D eigenvalue weighted by Crippen LogP contribution is -2.31. The molecular formula is C29H29NO6. The van der Waals surface area contributed by atoms with Crippen LogP contribution in [0.3, 0.4) is 0 Å². The van der Waals surface area contributed by atoms with Gasteiger partial charge in [-0.3, -0.25) is 9.59 Å². The number of phenols is 1. The van der Waals surface area contributed by atoms with Crippen LogP contribution >= 0.6 is 0 Å². The van der Waals surface area contributed by atoms with Crippen molar-refractivity contribution >= 4 is 17.4 Å². The standard InChI is InChI=1S/C29H29NO6/c1-19-16-22(12-13-24(19)36-18-20-8-4-3-5-9-20)27(32)25-26(21-10-6-11-23(31)17-21)30(14-7-15-35-2)29(34)28(25)33/h3-6,8-13,16-17,26,31-32H,7,14-15,18H2,1-2H3/b27-25-. The van der Waals surface area contributed by atoms with Crippen molar-refractivity contribution in [2.75, 3.05) is 20.3 Å². The number of aryl methyl sites for hydroxylation is 1. The van der Waals surface area contributed by atoms with Crippen LogP contribution in [0.15, 0.2) is 78.4 Å². The molecule has 0 radical (unpaired) electrons. The number of aromatic hydroxyl groups is 1. The molecule has 0 aliphatic carbocycles. The van der Waals surface area contributed by atoms with E-state index in [0.717, 1.165) is 11.1 Å². The van der Waals surface area contributed by atoms with Gasteiger partial charge in [-0.1, -0.05) is 42.5 Å². The van der Waals surface area contributed by atoms with Crippen LogP contribution in [0, 0.1) is 6.92 Å². The second-order valence-corrected chi connectivity index (χ2v) is 8.69. The van der Waals surface area contributed by atoms with E-state index in [-0.39, 0.29) is 23.6 Å². The van der Waals surface area contributed by atoms with Gasteiger partial charge in [0.2, 0.25) is 0 Å². The van der Waals surface area contributed by atoms with Crippen molar-refractivity contribution in [3.8, 4) is 11.5 Å². The average Bonchev–Trinajstić information content (AvgIpc) is 3.13. The van der Waals surface area contributed by atoms with E-state index >= 15 is 0 Å². The molecule has 3 aromatic rings. The van der Waals surface area contributed by atoms with Gasteiger partial charge in [0.25, 0.3) is 11.7 Å². The fourth-order valence-electron chi connectivity index (χ4n) is 4.38. The van der Waals surface area contributed by atoms with E-state index in [9.17, 15) is 19.8 Å². The molecule has 7 nitrogen and oxygen atoms in total. The van der Waals surface area contributed by atoms with Crippen molar-refractivity contribution in [3.63, 3.8) is 0 Å². The molecule has 1 fully saturated rings. The molecule has 0 bridgehead atoms. The molecule has 2 N–H and O–H groups in total. The van der Waals surface area contributed by atoms with Crippen LogP contribution in [0.25, 0.3) is 5.76 Å². The quantitative estimate of drug-likeness (QED) is 0.196. The Kier molecular flexibility index (Phi) is 7.71. The Hall–Kier alpha value is -4.10. The molecule has 1 amide bonds. The first-order valence-electron chi connectivity index (χ1n) is 11.7. The lowest BCUT2D eigenvalue weighted by Gasteiger charge is -2.25. The van der Waals surface area contributed by atoms with Crippen molar-refractivity contribution in [3.05, 3.63) is 101 Å². The number of benzene rings is 3. The van der Waals surface area contributed by atoms with Gasteiger partial charge in [-0.2, -0.15) is 0 Å². The molecule has 1 saturated heterocycles. The van der Waals surface area contributed by atoms with E-state index in [4.69, 9.17) is 9.47 Å². The van der Waals surface area contributed by atoms with Gasteiger partial charge in [0.05, 0.1) is 11.6 Å². The van der Waals surface area contributed by atoms with E-state index in [1.54, 1.807) is 37.4 Å². The average molecular weight is 488 g/mol. The number of amides is 1. The number of methoxy groups -OCH3 is 1. The lowest BCUT2D eigenvalue weighted by molar-refractivity contribution is -0.140. The fraction of sp³-hybridized carbons (Fsp3) is 0.241. The first-order valence-corrected chi connectivity index (χ1v) is 11.7. The zero-order chi connectivity index (χ0) is 25.7. The molecule has 1 aliphatic rings. The summed E-state index contributed by atoms with van der Waals surface area (Å²) in [6, 6.07) is 20.5. The highest BCUT2D eigenvalue weighted by atomic mass is 16.5. The number of Topliss-reactive ketones (excluding diaryl/α,β-unsaturated/α-hetero) is 1. The number of hydrogen-bond acceptors (Lipinski definition) is 6. The number of carbonyl (C=O) groups excluding carboxylic acids is 2. The Morgan fingerprint density at radius 3 is 2.47 bits per heavy atom. The van der Waals surface area contributed by atoms with Gasteiger partial charge in [0, 0.05) is 25.8 Å². The van der Waals surface area contributed by atoms with Crippen LogP contribution in [0.1, 0.15) is 34.7 Å². The van der Waals surface area contributed by atoms with Gasteiger partial charge in [0.15, 0.2) is 0 Å². The molecule has 7 heteroatoms. The summed E-state index contributed by atoms with van der Waals surface area (Å²) in [5, 5.41) is 21.3. The first-order chi connectivity index (χ1) is 17.4. The van der Waals surface area contributed by atoms with E-state index in [1.807, 2.05) is 37.3 Å². The number of nitrogens with zero attached hydrogens (tertiary/aromatic N) is 1. The van der Waals surface area contributed by atoms with Crippen molar-refractivity contribution < 1.29 is 29.3 Å². The summed E-state index contributed by atoms with van der Waals surface area (Å²) in [6.07, 6.45) is 0.519. The summed E-state index contributed by atoms with van der Waals surface area (Å²) >= 11 is 0. The second kappa shape index (κ2) is 11.1. The molecule has 186 valence electrons. The summed E-state index contributed by atoms with van der Waals surface area (Å²) < 4.78 is 11.0. The maximum Gasteiger partial charge on any atom is 0.295 e. The van der Waals surface area contributed by atoms with E-state index in [0.29, 0.717) is 36.5 Å². The van der Waals surface area contributed by atoms with Crippen LogP contribution in [-0.4, -0.2) is 47.1 Å². The van der Waals surface area contributed by atoms with Gasteiger partial charge in [-0.25, -0.2) is 0 Å². The number of phenolic OH excluding ortho intramolecular Hbond substituents is 1. The minimum atomic E-state index is -0.830. The van der Waals surface area contributed by atoms with Crippen LogP contribution in [0.4, 0.5) is 0 Å². The van der Waals surface area contributed by atoms with Gasteiger partial charge < -0.3 is 24.6 Å². The summed E-state index contributed by atoms with van der Waals surface area (Å²) in [5.41, 5.74) is 2.73. The van der Waals surface area contributed by atoms with Crippen LogP contribution in [-0.2, 0) is 20.9 Å². The molecule has 0 aromatic heterocycles. The normalized spacial score (nSPS) is 16.9. The predicted octanol–water partition coefficient (Wildman–Crippen LogP) is 4.74. The number of likely N-dealkylation sites (tertiary alicyclic amines) is 1. The maximum absolute atomic E-state index is 13.1. The molecular weight excluding hydrogens is 458 g/mol. The van der Waals surface area contributed by atoms with Crippen LogP contribution < -0.4 is 4.74 Å². The largest absolute Gasteiger partial charge is 0.508 e. The minimum Gasteiger partial charge on any atom is -0.508 e. The van der Waals surface area contributed by atoms with Gasteiger partial charge in [-0.05, 0) is 60.4 Å². The summed E-state index contributed by atoms with van der Waals surface area (Å²) in [4.78, 5) is 27.5. The molecule has 1 unspecified atom stereocenters. The number of ether oxygens (including phenoxy) is 2. The molecule has 36 heavy (non-hydrogen) atoms. The molecule has 0 saturated carbocycles. The summed E-state index contributed by atoms with van der Waals surface area (Å²) in [5.74, 6) is -1.07. The third-order valence-electron chi connectivity index (χ3n) is 6.16. The number of aliphatic hydroxyl groups excluding tert-OH is 1. The smallest absolute Gasteiger partial charge is 0.295 e. The number of aliphatic hydroxyl groups is 1. The molecule has 3 aromatic carbocycles. The summed E-state index contributed by atoms with van der Waals surface area (Å²) in [6.45, 7) is 2.93. The Balaban J connectivity index is 1.69. The molecule has 1 heterocycles. The number of carbonyl (C=O) groups is 2. The van der Waals surface area contributed by atoms with E-state index < -0.39 is 17.7 Å². The van der Waals surface area contributed by atoms with Crippen molar-refractivity contribution in [2.45, 2.75) is 26.0 Å². The highest BCUT2D eigenvalue weighted by Crippen LogP contribution is 2.40. The lowest BCUT2D eigenvalue weighted by atomic mass is 9.94. The Morgan fingerprint density at radius 1 is 1.00 bits per heavy atom. The second-order valence-electron chi connectivity index (χ2n) is 8.69. The number of hydrogen-bond donors (Lipinski definition) is 2. The highest BCUT2D eigenvalue weighted by molar-refractivity contribution is 6.46. The Bertz CT molecular complexity index is 1280. The topological polar surface area (TPSA) is 96.3 Å². The zero-order valence-corrected chi connectivity index (χ0v) is 20.3. The highest BCUT2D eigenvalue weighted by Gasteiger charge is 2.45. The molecule has 0 spiro atoms. The molecule has 4 rings (SSSR count). The van der Waals surface area contributed by atoms with Crippen LogP contribution in [0.2, 0.25) is 0 Å². The summed E-state index contributed by atoms with van der Waals surface area (Å²) in [7, 11) is 1.57. The van der Waals surface area contributed by atoms with E-state index in [2.05, 4.69) is 0 Å². The predicted molar refractivity (Wildman–Crippen MR) is 136 cm³/mol. The molecule has 1 atom stereocenters. The number of ketones is 1. The third-order valence-corrected chi connectivity index (χ3v) is 6.16. The van der Waals surface area contributed by atoms with Gasteiger partial charge >= 0.3 is 0 Å². The van der Waals surface area contributed by atoms with Crippen molar-refractivity contribution in [1.82, 2.24) is 4.90 Å². The third kappa shape index (κ3) is 5.26.